The molecule has 2 aromatic rings. The molecule has 6 nitrogen and oxygen atoms in total. The third kappa shape index (κ3) is 2.82. The van der Waals surface area contributed by atoms with Gasteiger partial charge in [-0.25, -0.2) is 4.68 Å². The molecule has 2 aliphatic rings. The molecular formula is C18H23N5O. The molecule has 126 valence electrons. The van der Waals surface area contributed by atoms with Gasteiger partial charge in [0.15, 0.2) is 5.69 Å². The molecule has 3 heterocycles. The third-order valence-electron chi connectivity index (χ3n) is 5.00. The minimum atomic E-state index is -0.0471. The van der Waals surface area contributed by atoms with Gasteiger partial charge in [-0.05, 0) is 49.9 Å². The van der Waals surface area contributed by atoms with Crippen molar-refractivity contribution in [2.45, 2.75) is 32.2 Å². The molecule has 24 heavy (non-hydrogen) atoms. The average molecular weight is 325 g/mol. The molecule has 1 fully saturated rings. The smallest absolute Gasteiger partial charge is 0.280 e. The highest BCUT2D eigenvalue weighted by atomic mass is 16.2. The molecule has 1 N–H and O–H groups in total. The van der Waals surface area contributed by atoms with E-state index in [1.54, 1.807) is 0 Å². The first kappa shape index (κ1) is 15.3. The second kappa shape index (κ2) is 6.36. The summed E-state index contributed by atoms with van der Waals surface area (Å²) in [5.41, 5.74) is 2.68. The van der Waals surface area contributed by atoms with Crippen LogP contribution >= 0.6 is 0 Å². The van der Waals surface area contributed by atoms with Gasteiger partial charge in [-0.2, -0.15) is 0 Å². The summed E-state index contributed by atoms with van der Waals surface area (Å²) in [6, 6.07) is 8.49. The third-order valence-corrected chi connectivity index (χ3v) is 5.00. The number of nitrogens with zero attached hydrogens (tertiary/aromatic N) is 4. The Morgan fingerprint density at radius 1 is 1.25 bits per heavy atom. The molecule has 0 radical (unpaired) electrons. The Kier molecular flexibility index (Phi) is 4.06. The summed E-state index contributed by atoms with van der Waals surface area (Å²) in [6.45, 7) is 4.90. The number of piperidine rings is 1. The van der Waals surface area contributed by atoms with Crippen molar-refractivity contribution in [3.8, 4) is 0 Å². The molecule has 6 heteroatoms. The number of carbonyl (C=O) groups excluding carboxylic acids is 1. The normalized spacial score (nSPS) is 21.5. The molecule has 1 saturated heterocycles. The Morgan fingerprint density at radius 2 is 2.04 bits per heavy atom. The summed E-state index contributed by atoms with van der Waals surface area (Å²) in [5.74, 6) is 0.400. The minimum Gasteiger partial charge on any atom is -0.317 e. The van der Waals surface area contributed by atoms with E-state index in [-0.39, 0.29) is 5.91 Å². The Bertz CT molecular complexity index is 735. The highest BCUT2D eigenvalue weighted by Gasteiger charge is 2.29. The molecule has 0 unspecified atom stereocenters. The zero-order valence-electron chi connectivity index (χ0n) is 14.0. The van der Waals surface area contributed by atoms with Crippen LogP contribution < -0.4 is 10.2 Å². The Morgan fingerprint density at radius 3 is 2.88 bits per heavy atom. The average Bonchev–Trinajstić information content (AvgIpc) is 3.11. The lowest BCUT2D eigenvalue weighted by molar-refractivity contribution is 0.0976. The van der Waals surface area contributed by atoms with Crippen LogP contribution in [0.5, 0.6) is 0 Å². The maximum absolute atomic E-state index is 13.0. The first-order chi connectivity index (χ1) is 11.7. The molecule has 0 saturated carbocycles. The van der Waals surface area contributed by atoms with Gasteiger partial charge in [0, 0.05) is 12.2 Å². The first-order valence-electron chi connectivity index (χ1n) is 8.74. The predicted molar refractivity (Wildman–Crippen MR) is 92.1 cm³/mol. The summed E-state index contributed by atoms with van der Waals surface area (Å²) < 4.78 is 1.87. The second-order valence-corrected chi connectivity index (χ2v) is 6.92. The highest BCUT2D eigenvalue weighted by molar-refractivity contribution is 6.05. The van der Waals surface area contributed by atoms with Gasteiger partial charge in [0.2, 0.25) is 0 Å². The van der Waals surface area contributed by atoms with E-state index in [4.69, 9.17) is 0 Å². The lowest BCUT2D eigenvalue weighted by Crippen LogP contribution is -2.39. The lowest BCUT2D eigenvalue weighted by atomic mass is 9.94. The fourth-order valence-corrected chi connectivity index (χ4v) is 3.75. The van der Waals surface area contributed by atoms with Crippen molar-refractivity contribution in [2.24, 2.45) is 5.92 Å². The van der Waals surface area contributed by atoms with Crippen molar-refractivity contribution in [1.29, 1.82) is 0 Å². The second-order valence-electron chi connectivity index (χ2n) is 6.92. The number of fused-ring (bicyclic) bond motifs is 1. The van der Waals surface area contributed by atoms with Crippen molar-refractivity contribution in [2.75, 3.05) is 24.5 Å². The van der Waals surface area contributed by atoms with Crippen molar-refractivity contribution >= 4 is 11.6 Å². The number of hydrogen-bond donors (Lipinski definition) is 1. The summed E-state index contributed by atoms with van der Waals surface area (Å²) >= 11 is 0. The zero-order valence-corrected chi connectivity index (χ0v) is 14.0. The van der Waals surface area contributed by atoms with Crippen molar-refractivity contribution in [3.63, 3.8) is 0 Å². The molecule has 0 bridgehead atoms. The van der Waals surface area contributed by atoms with Gasteiger partial charge in [0.05, 0.1) is 12.2 Å². The molecular weight excluding hydrogens is 302 g/mol. The molecule has 0 spiro atoms. The van der Waals surface area contributed by atoms with Crippen molar-refractivity contribution in [1.82, 2.24) is 20.3 Å². The lowest BCUT2D eigenvalue weighted by Gasteiger charge is -2.32. The van der Waals surface area contributed by atoms with Crippen molar-refractivity contribution < 1.29 is 4.79 Å². The van der Waals surface area contributed by atoms with Gasteiger partial charge in [-0.3, -0.25) is 4.79 Å². The molecule has 1 aromatic heterocycles. The number of anilines is 1. The summed E-state index contributed by atoms with van der Waals surface area (Å²) in [5, 5.41) is 11.7. The minimum absolute atomic E-state index is 0.0471. The SMILES string of the molecule is C[C@@H]1Cc2ccccc2N(C(=O)c2cn(C3CCNCC3)nn2)C1. The summed E-state index contributed by atoms with van der Waals surface area (Å²) in [4.78, 5) is 14.9. The van der Waals surface area contributed by atoms with Gasteiger partial charge < -0.3 is 10.2 Å². The van der Waals surface area contributed by atoms with Gasteiger partial charge in [0.25, 0.3) is 5.91 Å². The van der Waals surface area contributed by atoms with Crippen molar-refractivity contribution in [3.05, 3.63) is 41.7 Å². The van der Waals surface area contributed by atoms with Crippen LogP contribution in [-0.4, -0.2) is 40.5 Å². The molecule has 2 aliphatic heterocycles. The standard InChI is InChI=1S/C18H23N5O/c1-13-10-14-4-2-3-5-17(14)22(11-13)18(24)16-12-23(21-20-16)15-6-8-19-9-7-15/h2-5,12-13,15,19H,6-11H2,1H3/t13-/m1/s1. The number of benzene rings is 1. The van der Waals surface area contributed by atoms with Crippen LogP contribution in [0.25, 0.3) is 0 Å². The van der Waals surface area contributed by atoms with Gasteiger partial charge in [-0.15, -0.1) is 5.10 Å². The number of amides is 1. The monoisotopic (exact) mass is 325 g/mol. The molecule has 0 aliphatic carbocycles. The first-order valence-corrected chi connectivity index (χ1v) is 8.74. The quantitative estimate of drug-likeness (QED) is 0.918. The Labute approximate surface area is 141 Å². The van der Waals surface area contributed by atoms with E-state index >= 15 is 0 Å². The fourth-order valence-electron chi connectivity index (χ4n) is 3.75. The fraction of sp³-hybridized carbons (Fsp3) is 0.500. The maximum atomic E-state index is 13.0. The largest absolute Gasteiger partial charge is 0.317 e. The number of para-hydroxylation sites is 1. The van der Waals surface area contributed by atoms with E-state index in [0.29, 0.717) is 17.7 Å². The maximum Gasteiger partial charge on any atom is 0.280 e. The van der Waals surface area contributed by atoms with E-state index in [0.717, 1.165) is 44.6 Å². The summed E-state index contributed by atoms with van der Waals surface area (Å²) in [6.07, 6.45) is 4.89. The number of nitrogens with one attached hydrogen (secondary N) is 1. The number of hydrogen-bond acceptors (Lipinski definition) is 4. The molecule has 1 atom stereocenters. The Balaban J connectivity index is 1.59. The number of rotatable bonds is 2. The van der Waals surface area contributed by atoms with Crippen LogP contribution in [0.15, 0.2) is 30.5 Å². The van der Waals surface area contributed by atoms with E-state index in [2.05, 4.69) is 28.6 Å². The predicted octanol–water partition coefficient (Wildman–Crippen LogP) is 2.04. The van der Waals surface area contributed by atoms with Crippen LogP contribution in [0.2, 0.25) is 0 Å². The number of carbonyl (C=O) groups is 1. The van der Waals surface area contributed by atoms with Gasteiger partial charge in [0.1, 0.15) is 0 Å². The molecule has 1 amide bonds. The topological polar surface area (TPSA) is 63.1 Å². The summed E-state index contributed by atoms with van der Waals surface area (Å²) in [7, 11) is 0. The molecule has 4 rings (SSSR count). The van der Waals surface area contributed by atoms with Crippen LogP contribution in [0, 0.1) is 5.92 Å². The zero-order chi connectivity index (χ0) is 16.5. The Hall–Kier alpha value is -2.21. The van der Waals surface area contributed by atoms with Gasteiger partial charge >= 0.3 is 0 Å². The van der Waals surface area contributed by atoms with E-state index in [9.17, 15) is 4.79 Å². The molecule has 1 aromatic carbocycles. The van der Waals surface area contributed by atoms with E-state index in [1.807, 2.05) is 34.0 Å². The van der Waals surface area contributed by atoms with Crippen LogP contribution in [-0.2, 0) is 6.42 Å². The van der Waals surface area contributed by atoms with Crippen LogP contribution in [0.4, 0.5) is 5.69 Å². The highest BCUT2D eigenvalue weighted by Crippen LogP contribution is 2.30. The van der Waals surface area contributed by atoms with Crippen LogP contribution in [0.3, 0.4) is 0 Å². The van der Waals surface area contributed by atoms with E-state index < -0.39 is 0 Å². The van der Waals surface area contributed by atoms with Crippen LogP contribution in [0.1, 0.15) is 41.9 Å². The number of aromatic nitrogens is 3. The van der Waals surface area contributed by atoms with Gasteiger partial charge in [-0.1, -0.05) is 30.3 Å². The van der Waals surface area contributed by atoms with E-state index in [1.165, 1.54) is 5.56 Å².